The maximum absolute atomic E-state index is 11.9. The number of amides is 2. The molecular weight excluding hydrogens is 316 g/mol. The summed E-state index contributed by atoms with van der Waals surface area (Å²) in [5.41, 5.74) is 0.402. The third kappa shape index (κ3) is 4.44. The van der Waals surface area contributed by atoms with E-state index in [-0.39, 0.29) is 16.6 Å². The predicted octanol–water partition coefficient (Wildman–Crippen LogP) is 2.07. The topological polar surface area (TPSA) is 95.5 Å². The van der Waals surface area contributed by atoms with E-state index in [1.165, 1.54) is 18.2 Å². The number of hydrogen-bond donors (Lipinski definition) is 3. The first-order valence-electron chi connectivity index (χ1n) is 6.41. The van der Waals surface area contributed by atoms with Crippen molar-refractivity contribution < 1.29 is 18.9 Å². The van der Waals surface area contributed by atoms with Crippen LogP contribution in [0.2, 0.25) is 5.02 Å². The van der Waals surface area contributed by atoms with E-state index >= 15 is 0 Å². The van der Waals surface area contributed by atoms with Gasteiger partial charge in [0.15, 0.2) is 0 Å². The second-order valence-corrected chi connectivity index (χ2v) is 6.82. The zero-order chi connectivity index (χ0) is 15.4. The van der Waals surface area contributed by atoms with Gasteiger partial charge >= 0.3 is 12.0 Å². The van der Waals surface area contributed by atoms with Gasteiger partial charge in [0, 0.05) is 28.3 Å². The van der Waals surface area contributed by atoms with E-state index in [1.54, 1.807) is 0 Å². The number of hydrogen-bond acceptors (Lipinski definition) is 3. The van der Waals surface area contributed by atoms with E-state index in [0.717, 1.165) is 0 Å². The van der Waals surface area contributed by atoms with Crippen LogP contribution in [0.5, 0.6) is 0 Å². The average Bonchev–Trinajstić information content (AvgIpc) is 2.43. The van der Waals surface area contributed by atoms with Crippen LogP contribution in [0.25, 0.3) is 0 Å². The number of urea groups is 1. The number of anilines is 1. The summed E-state index contributed by atoms with van der Waals surface area (Å²) in [6.45, 7) is 0. The lowest BCUT2D eigenvalue weighted by molar-refractivity contribution is 0.0697. The highest BCUT2D eigenvalue weighted by Crippen LogP contribution is 2.23. The van der Waals surface area contributed by atoms with Crippen molar-refractivity contribution in [2.75, 3.05) is 16.8 Å². The predicted molar refractivity (Wildman–Crippen MR) is 81.5 cm³/mol. The van der Waals surface area contributed by atoms with Crippen LogP contribution >= 0.6 is 11.6 Å². The zero-order valence-electron chi connectivity index (χ0n) is 11.1. The van der Waals surface area contributed by atoms with E-state index in [2.05, 4.69) is 10.6 Å². The molecule has 6 nitrogen and oxygen atoms in total. The third-order valence-electron chi connectivity index (χ3n) is 3.19. The molecule has 0 bridgehead atoms. The molecular formula is C13H15ClN2O4S. The Balaban J connectivity index is 1.93. The summed E-state index contributed by atoms with van der Waals surface area (Å²) in [6, 6.07) is 3.69. The minimum atomic E-state index is -1.08. The van der Waals surface area contributed by atoms with Crippen LogP contribution in [0, 0.1) is 0 Å². The molecule has 2 rings (SSSR count). The number of benzene rings is 1. The lowest BCUT2D eigenvalue weighted by atomic mass is 10.1. The number of nitrogens with one attached hydrogen (secondary N) is 2. The fourth-order valence-electron chi connectivity index (χ4n) is 2.03. The lowest BCUT2D eigenvalue weighted by Gasteiger charge is -2.22. The number of carboxylic acids is 1. The molecule has 0 aromatic heterocycles. The molecule has 0 aliphatic carbocycles. The highest BCUT2D eigenvalue weighted by Gasteiger charge is 2.19. The summed E-state index contributed by atoms with van der Waals surface area (Å²) in [5.74, 6) is 0.112. The molecule has 0 radical (unpaired) electrons. The number of halogens is 1. The van der Waals surface area contributed by atoms with Crippen LogP contribution < -0.4 is 10.6 Å². The second-order valence-electron chi connectivity index (χ2n) is 4.72. The van der Waals surface area contributed by atoms with E-state index < -0.39 is 22.8 Å². The Labute approximate surface area is 129 Å². The van der Waals surface area contributed by atoms with Gasteiger partial charge in [-0.2, -0.15) is 0 Å². The highest BCUT2D eigenvalue weighted by atomic mass is 35.5. The lowest BCUT2D eigenvalue weighted by Crippen LogP contribution is -2.41. The molecule has 21 heavy (non-hydrogen) atoms. The van der Waals surface area contributed by atoms with Gasteiger partial charge in [0.25, 0.3) is 0 Å². The van der Waals surface area contributed by atoms with Crippen molar-refractivity contribution in [1.82, 2.24) is 5.32 Å². The second kappa shape index (κ2) is 6.91. The molecule has 1 aliphatic heterocycles. The van der Waals surface area contributed by atoms with Crippen LogP contribution in [0.3, 0.4) is 0 Å². The maximum Gasteiger partial charge on any atom is 0.335 e. The molecule has 0 atom stereocenters. The molecule has 0 saturated carbocycles. The normalized spacial score (nSPS) is 21.6. The van der Waals surface area contributed by atoms with E-state index in [1.807, 2.05) is 0 Å². The van der Waals surface area contributed by atoms with Crippen LogP contribution in [-0.2, 0) is 10.8 Å². The number of rotatable bonds is 3. The summed E-state index contributed by atoms with van der Waals surface area (Å²) < 4.78 is 11.2. The number of carbonyl (C=O) groups excluding carboxylic acids is 1. The van der Waals surface area contributed by atoms with Gasteiger partial charge in [-0.3, -0.25) is 4.21 Å². The maximum atomic E-state index is 11.9. The van der Waals surface area contributed by atoms with Crippen LogP contribution in [0.4, 0.5) is 10.5 Å². The van der Waals surface area contributed by atoms with Gasteiger partial charge in [0.1, 0.15) is 0 Å². The van der Waals surface area contributed by atoms with Crippen molar-refractivity contribution in [1.29, 1.82) is 0 Å². The summed E-state index contributed by atoms with van der Waals surface area (Å²) in [6.07, 6.45) is 1.37. The van der Waals surface area contributed by atoms with E-state index in [4.69, 9.17) is 16.7 Å². The Morgan fingerprint density at radius 2 is 1.95 bits per heavy atom. The molecule has 1 aromatic carbocycles. The molecule has 1 fully saturated rings. The van der Waals surface area contributed by atoms with Crippen molar-refractivity contribution in [2.45, 2.75) is 18.9 Å². The zero-order valence-corrected chi connectivity index (χ0v) is 12.7. The molecule has 3 N–H and O–H groups in total. The Morgan fingerprint density at radius 1 is 1.29 bits per heavy atom. The van der Waals surface area contributed by atoms with Gasteiger partial charge < -0.3 is 15.7 Å². The molecule has 1 heterocycles. The minimum Gasteiger partial charge on any atom is -0.478 e. The molecule has 1 aromatic rings. The van der Waals surface area contributed by atoms with Crippen molar-refractivity contribution in [3.8, 4) is 0 Å². The van der Waals surface area contributed by atoms with Gasteiger partial charge in [-0.15, -0.1) is 0 Å². The van der Waals surface area contributed by atoms with Gasteiger partial charge in [0.05, 0.1) is 16.3 Å². The summed E-state index contributed by atoms with van der Waals surface area (Å²) in [7, 11) is -0.773. The summed E-state index contributed by atoms with van der Waals surface area (Å²) in [5, 5.41) is 14.4. The number of carboxylic acid groups (broad SMARTS) is 1. The molecule has 1 saturated heterocycles. The minimum absolute atomic E-state index is 0.000215. The quantitative estimate of drug-likeness (QED) is 0.790. The van der Waals surface area contributed by atoms with Gasteiger partial charge in [-0.25, -0.2) is 9.59 Å². The van der Waals surface area contributed by atoms with Crippen LogP contribution in [-0.4, -0.2) is 38.9 Å². The third-order valence-corrected chi connectivity index (χ3v) is 4.88. The molecule has 1 aliphatic rings. The fraction of sp³-hybridized carbons (Fsp3) is 0.385. The van der Waals surface area contributed by atoms with Gasteiger partial charge in [-0.05, 0) is 31.0 Å². The Morgan fingerprint density at radius 3 is 2.52 bits per heavy atom. The summed E-state index contributed by atoms with van der Waals surface area (Å²) in [4.78, 5) is 22.7. The molecule has 114 valence electrons. The molecule has 8 heteroatoms. The summed E-state index contributed by atoms with van der Waals surface area (Å²) >= 11 is 5.93. The Kier molecular flexibility index (Phi) is 5.19. The monoisotopic (exact) mass is 330 g/mol. The van der Waals surface area contributed by atoms with Crippen LogP contribution in [0.15, 0.2) is 18.2 Å². The molecule has 0 unspecified atom stereocenters. The first-order valence-corrected chi connectivity index (χ1v) is 8.27. The van der Waals surface area contributed by atoms with E-state index in [9.17, 15) is 13.8 Å². The van der Waals surface area contributed by atoms with Crippen molar-refractivity contribution in [3.63, 3.8) is 0 Å². The standard InChI is InChI=1S/C13H15ClN2O4S/c14-10-7-8(12(17)18)1-2-11(10)16-13(19)15-9-3-5-21(20)6-4-9/h1-2,7,9H,3-6H2,(H,17,18)(H2,15,16,19). The molecule has 2 amide bonds. The van der Waals surface area contributed by atoms with Crippen molar-refractivity contribution in [3.05, 3.63) is 28.8 Å². The number of aromatic carboxylic acids is 1. The van der Waals surface area contributed by atoms with Gasteiger partial charge in [-0.1, -0.05) is 11.6 Å². The SMILES string of the molecule is O=C(Nc1ccc(C(=O)O)cc1Cl)NC1CCS(=O)CC1. The number of carbonyl (C=O) groups is 2. The first-order chi connectivity index (χ1) is 9.95. The largest absolute Gasteiger partial charge is 0.478 e. The van der Waals surface area contributed by atoms with Crippen LogP contribution in [0.1, 0.15) is 23.2 Å². The first kappa shape index (κ1) is 15.8. The van der Waals surface area contributed by atoms with Crippen molar-refractivity contribution >= 4 is 40.1 Å². The fourth-order valence-corrected chi connectivity index (χ4v) is 3.56. The Hall–Kier alpha value is -1.60. The Bertz CT molecular complexity index is 584. The highest BCUT2D eigenvalue weighted by molar-refractivity contribution is 7.85. The van der Waals surface area contributed by atoms with E-state index in [0.29, 0.717) is 30.0 Å². The average molecular weight is 331 g/mol. The smallest absolute Gasteiger partial charge is 0.335 e. The van der Waals surface area contributed by atoms with Gasteiger partial charge in [0.2, 0.25) is 0 Å². The molecule has 0 spiro atoms. The van der Waals surface area contributed by atoms with Crippen molar-refractivity contribution in [2.24, 2.45) is 0 Å².